The molecule has 202 valence electrons. The van der Waals surface area contributed by atoms with E-state index in [1.807, 2.05) is 37.5 Å². The van der Waals surface area contributed by atoms with Crippen LogP contribution in [0.15, 0.2) is 87.3 Å². The van der Waals surface area contributed by atoms with E-state index in [-0.39, 0.29) is 4.90 Å². The number of carbonyl (C=O) groups is 1. The van der Waals surface area contributed by atoms with Crippen LogP contribution >= 0.6 is 39.1 Å². The number of aryl methyl sites for hydroxylation is 2. The third-order valence-corrected chi connectivity index (χ3v) is 9.04. The van der Waals surface area contributed by atoms with Gasteiger partial charge in [-0.15, -0.1) is 0 Å². The molecule has 1 amide bonds. The van der Waals surface area contributed by atoms with Gasteiger partial charge < -0.3 is 4.57 Å². The Bertz CT molecular complexity index is 1670. The summed E-state index contributed by atoms with van der Waals surface area (Å²) < 4.78 is 30.8. The van der Waals surface area contributed by atoms with E-state index in [4.69, 9.17) is 23.2 Å². The van der Waals surface area contributed by atoms with Crippen molar-refractivity contribution >= 4 is 67.0 Å². The molecule has 0 unspecified atom stereocenters. The van der Waals surface area contributed by atoms with Gasteiger partial charge in [0.25, 0.3) is 15.9 Å². The molecular weight excluding hydrogens is 623 g/mol. The molecule has 4 aromatic rings. The van der Waals surface area contributed by atoms with Crippen molar-refractivity contribution in [3.05, 3.63) is 110 Å². The maximum atomic E-state index is 13.5. The SMILES string of the molecule is Cc1ccc(S(=O)(=O)N(CC(=O)N/N=C\c2cc(C)n(-c3ccc(Cl)c(Cl)c3)c2C)c2cccc(Br)c2)cc1. The Kier molecular flexibility index (Phi) is 8.86. The Morgan fingerprint density at radius 1 is 1.00 bits per heavy atom. The van der Waals surface area contributed by atoms with Crippen LogP contribution in [0, 0.1) is 20.8 Å². The van der Waals surface area contributed by atoms with Crippen molar-refractivity contribution in [3.63, 3.8) is 0 Å². The Labute approximate surface area is 246 Å². The summed E-state index contributed by atoms with van der Waals surface area (Å²) in [6.07, 6.45) is 1.52. The smallest absolute Gasteiger partial charge is 0.264 e. The molecule has 0 bridgehead atoms. The van der Waals surface area contributed by atoms with Crippen LogP contribution in [0.5, 0.6) is 0 Å². The van der Waals surface area contributed by atoms with E-state index in [1.54, 1.807) is 48.5 Å². The number of benzene rings is 3. The predicted molar refractivity (Wildman–Crippen MR) is 161 cm³/mol. The zero-order chi connectivity index (χ0) is 28.3. The maximum Gasteiger partial charge on any atom is 0.264 e. The highest BCUT2D eigenvalue weighted by Gasteiger charge is 2.27. The summed E-state index contributed by atoms with van der Waals surface area (Å²) in [5.41, 5.74) is 7.15. The number of hydrogen-bond acceptors (Lipinski definition) is 4. The Morgan fingerprint density at radius 2 is 1.72 bits per heavy atom. The van der Waals surface area contributed by atoms with E-state index < -0.39 is 22.5 Å². The predicted octanol–water partition coefficient (Wildman–Crippen LogP) is 6.82. The molecule has 0 atom stereocenters. The lowest BCUT2D eigenvalue weighted by Crippen LogP contribution is -2.39. The second kappa shape index (κ2) is 12.0. The summed E-state index contributed by atoms with van der Waals surface area (Å²) >= 11 is 15.6. The molecule has 1 aromatic heterocycles. The summed E-state index contributed by atoms with van der Waals surface area (Å²) in [7, 11) is -4.03. The largest absolute Gasteiger partial charge is 0.318 e. The molecule has 3 aromatic carbocycles. The molecule has 11 heteroatoms. The van der Waals surface area contributed by atoms with E-state index >= 15 is 0 Å². The third kappa shape index (κ3) is 6.55. The molecule has 1 heterocycles. The Balaban J connectivity index is 1.56. The summed E-state index contributed by atoms with van der Waals surface area (Å²) in [4.78, 5) is 13.0. The normalized spacial score (nSPS) is 11.6. The lowest BCUT2D eigenvalue weighted by Gasteiger charge is -2.24. The zero-order valence-electron chi connectivity index (χ0n) is 21.3. The molecule has 0 aliphatic rings. The Hall–Kier alpha value is -3.11. The maximum absolute atomic E-state index is 13.5. The quantitative estimate of drug-likeness (QED) is 0.168. The highest BCUT2D eigenvalue weighted by Crippen LogP contribution is 2.28. The summed E-state index contributed by atoms with van der Waals surface area (Å²) in [6, 6.07) is 20.5. The van der Waals surface area contributed by atoms with Crippen LogP contribution < -0.4 is 9.73 Å². The standard InChI is InChI=1S/C28H25BrCl2N4O3S/c1-18-7-10-25(11-8-18)39(37,38)34(23-6-4-5-22(29)14-23)17-28(36)33-32-16-21-13-19(2)35(20(21)3)24-9-12-26(30)27(31)15-24/h4-16H,17H2,1-3H3,(H,33,36)/b32-16-. The topological polar surface area (TPSA) is 83.8 Å². The van der Waals surface area contributed by atoms with Crippen molar-refractivity contribution in [2.24, 2.45) is 5.10 Å². The van der Waals surface area contributed by atoms with E-state index in [1.165, 1.54) is 18.3 Å². The van der Waals surface area contributed by atoms with Crippen molar-refractivity contribution in [2.45, 2.75) is 25.7 Å². The monoisotopic (exact) mass is 646 g/mol. The van der Waals surface area contributed by atoms with Crippen LogP contribution in [-0.2, 0) is 14.8 Å². The van der Waals surface area contributed by atoms with Crippen LogP contribution in [0.2, 0.25) is 10.0 Å². The number of halogens is 3. The van der Waals surface area contributed by atoms with Gasteiger partial charge in [0, 0.05) is 27.1 Å². The molecule has 0 aliphatic heterocycles. The zero-order valence-corrected chi connectivity index (χ0v) is 25.2. The molecule has 39 heavy (non-hydrogen) atoms. The van der Waals surface area contributed by atoms with Gasteiger partial charge in [0.15, 0.2) is 0 Å². The molecule has 7 nitrogen and oxygen atoms in total. The summed E-state index contributed by atoms with van der Waals surface area (Å²) in [5, 5.41) is 5.01. The van der Waals surface area contributed by atoms with Gasteiger partial charge >= 0.3 is 0 Å². The lowest BCUT2D eigenvalue weighted by atomic mass is 10.2. The van der Waals surface area contributed by atoms with Crippen LogP contribution in [0.4, 0.5) is 5.69 Å². The van der Waals surface area contributed by atoms with E-state index in [9.17, 15) is 13.2 Å². The first-order chi connectivity index (χ1) is 18.5. The average Bonchev–Trinajstić information content (AvgIpc) is 3.17. The number of hydrogen-bond donors (Lipinski definition) is 1. The molecule has 1 N–H and O–H groups in total. The molecule has 0 radical (unpaired) electrons. The van der Waals surface area contributed by atoms with Crippen molar-refractivity contribution in [1.29, 1.82) is 0 Å². The second-order valence-electron chi connectivity index (χ2n) is 8.86. The van der Waals surface area contributed by atoms with Gasteiger partial charge in [0.05, 0.1) is 26.8 Å². The summed E-state index contributed by atoms with van der Waals surface area (Å²) in [6.45, 7) is 5.27. The van der Waals surface area contributed by atoms with Crippen molar-refractivity contribution < 1.29 is 13.2 Å². The minimum Gasteiger partial charge on any atom is -0.318 e. The van der Waals surface area contributed by atoms with E-state index in [0.29, 0.717) is 20.2 Å². The number of anilines is 1. The van der Waals surface area contributed by atoms with Crippen LogP contribution in [-0.4, -0.2) is 31.7 Å². The van der Waals surface area contributed by atoms with Crippen molar-refractivity contribution in [3.8, 4) is 5.69 Å². The minimum absolute atomic E-state index is 0.0825. The molecule has 4 rings (SSSR count). The molecule has 0 saturated carbocycles. The molecule has 0 fully saturated rings. The first kappa shape index (κ1) is 28.9. The van der Waals surface area contributed by atoms with Crippen LogP contribution in [0.25, 0.3) is 5.69 Å². The van der Waals surface area contributed by atoms with E-state index in [0.717, 1.165) is 32.5 Å². The van der Waals surface area contributed by atoms with Gasteiger partial charge in [0.2, 0.25) is 0 Å². The molecular formula is C28H25BrCl2N4O3S. The number of rotatable bonds is 8. The fraction of sp³-hybridized carbons (Fsp3) is 0.143. The van der Waals surface area contributed by atoms with Gasteiger partial charge in [-0.25, -0.2) is 13.8 Å². The minimum atomic E-state index is -4.03. The fourth-order valence-corrected chi connectivity index (χ4v) is 6.16. The van der Waals surface area contributed by atoms with Crippen LogP contribution in [0.3, 0.4) is 0 Å². The summed E-state index contributed by atoms with van der Waals surface area (Å²) in [5.74, 6) is -0.597. The average molecular weight is 648 g/mol. The second-order valence-corrected chi connectivity index (χ2v) is 12.5. The van der Waals surface area contributed by atoms with Gasteiger partial charge in [-0.05, 0) is 75.4 Å². The number of carbonyl (C=O) groups excluding carboxylic acids is 1. The number of nitrogens with zero attached hydrogens (tertiary/aromatic N) is 3. The fourth-order valence-electron chi connectivity index (χ4n) is 4.06. The van der Waals surface area contributed by atoms with Gasteiger partial charge in [-0.1, -0.05) is 62.9 Å². The van der Waals surface area contributed by atoms with E-state index in [2.05, 4.69) is 26.5 Å². The highest BCUT2D eigenvalue weighted by atomic mass is 79.9. The number of nitrogens with one attached hydrogen (secondary N) is 1. The third-order valence-electron chi connectivity index (χ3n) is 6.02. The number of aromatic nitrogens is 1. The lowest BCUT2D eigenvalue weighted by molar-refractivity contribution is -0.119. The van der Waals surface area contributed by atoms with Crippen LogP contribution in [0.1, 0.15) is 22.5 Å². The number of sulfonamides is 1. The first-order valence-electron chi connectivity index (χ1n) is 11.8. The highest BCUT2D eigenvalue weighted by molar-refractivity contribution is 9.10. The van der Waals surface area contributed by atoms with Gasteiger partial charge in [0.1, 0.15) is 6.54 Å². The number of hydrazone groups is 1. The van der Waals surface area contributed by atoms with Crippen molar-refractivity contribution in [1.82, 2.24) is 9.99 Å². The molecule has 0 spiro atoms. The van der Waals surface area contributed by atoms with Gasteiger partial charge in [-0.2, -0.15) is 5.10 Å². The van der Waals surface area contributed by atoms with Crippen molar-refractivity contribution in [2.75, 3.05) is 10.8 Å². The molecule has 0 saturated heterocycles. The number of amides is 1. The molecule has 0 aliphatic carbocycles. The Morgan fingerprint density at radius 3 is 2.38 bits per heavy atom. The van der Waals surface area contributed by atoms with Gasteiger partial charge in [-0.3, -0.25) is 9.10 Å². The first-order valence-corrected chi connectivity index (χ1v) is 14.8.